The van der Waals surface area contributed by atoms with Gasteiger partial charge in [-0.1, -0.05) is 30.3 Å². The summed E-state index contributed by atoms with van der Waals surface area (Å²) in [5.41, 5.74) is 3.57. The zero-order valence-electron chi connectivity index (χ0n) is 13.1. The Labute approximate surface area is 126 Å². The second kappa shape index (κ2) is 7.14. The molecule has 0 aliphatic rings. The van der Waals surface area contributed by atoms with Crippen molar-refractivity contribution in [3.63, 3.8) is 0 Å². The molecular weight excluding hydrogens is 262 g/mol. The Morgan fingerprint density at radius 3 is 2.38 bits per heavy atom. The Kier molecular flexibility index (Phi) is 5.23. The maximum atomic E-state index is 5.41. The highest BCUT2D eigenvalue weighted by atomic mass is 16.5. The van der Waals surface area contributed by atoms with Crippen LogP contribution in [0.2, 0.25) is 0 Å². The largest absolute Gasteiger partial charge is 0.496 e. The normalized spacial score (nSPS) is 12.0. The van der Waals surface area contributed by atoms with Gasteiger partial charge in [-0.05, 0) is 37.1 Å². The van der Waals surface area contributed by atoms with E-state index in [1.807, 2.05) is 24.3 Å². The molecule has 1 N–H and O–H groups in total. The van der Waals surface area contributed by atoms with Crippen molar-refractivity contribution in [2.75, 3.05) is 14.2 Å². The molecule has 0 aromatic heterocycles. The van der Waals surface area contributed by atoms with E-state index < -0.39 is 0 Å². The van der Waals surface area contributed by atoms with E-state index in [2.05, 4.69) is 37.4 Å². The highest BCUT2D eigenvalue weighted by Gasteiger charge is 2.10. The van der Waals surface area contributed by atoms with Gasteiger partial charge in [0.1, 0.15) is 11.5 Å². The number of hydrogen-bond donors (Lipinski definition) is 1. The van der Waals surface area contributed by atoms with E-state index in [0.29, 0.717) is 0 Å². The van der Waals surface area contributed by atoms with E-state index >= 15 is 0 Å². The summed E-state index contributed by atoms with van der Waals surface area (Å²) >= 11 is 0. The predicted molar refractivity (Wildman–Crippen MR) is 86.0 cm³/mol. The number of benzene rings is 2. The molecule has 0 saturated heterocycles. The van der Waals surface area contributed by atoms with Gasteiger partial charge >= 0.3 is 0 Å². The average molecular weight is 285 g/mol. The number of aryl methyl sites for hydroxylation is 1. The minimum atomic E-state index is 0.226. The zero-order valence-corrected chi connectivity index (χ0v) is 13.1. The molecule has 21 heavy (non-hydrogen) atoms. The maximum absolute atomic E-state index is 5.41. The summed E-state index contributed by atoms with van der Waals surface area (Å²) in [5.74, 6) is 1.85. The summed E-state index contributed by atoms with van der Waals surface area (Å²) in [6.45, 7) is 5.02. The van der Waals surface area contributed by atoms with Crippen LogP contribution in [0.4, 0.5) is 0 Å². The standard InChI is InChI=1S/C18H23NO2/c1-13-11-15(9-10-17(13)20-3)12-19-14(2)16-7-5-6-8-18(16)21-4/h5-11,14,19H,12H2,1-4H3. The quantitative estimate of drug-likeness (QED) is 0.874. The van der Waals surface area contributed by atoms with Gasteiger partial charge in [-0.15, -0.1) is 0 Å². The predicted octanol–water partition coefficient (Wildman–Crippen LogP) is 3.86. The van der Waals surface area contributed by atoms with E-state index in [-0.39, 0.29) is 6.04 Å². The molecule has 0 bridgehead atoms. The molecule has 3 nitrogen and oxygen atoms in total. The SMILES string of the molecule is COc1ccc(CNC(C)c2ccccc2OC)cc1C. The van der Waals surface area contributed by atoms with Crippen molar-refractivity contribution >= 4 is 0 Å². The molecule has 0 spiro atoms. The average Bonchev–Trinajstić information content (AvgIpc) is 2.52. The Morgan fingerprint density at radius 1 is 1.00 bits per heavy atom. The first-order valence-electron chi connectivity index (χ1n) is 7.15. The lowest BCUT2D eigenvalue weighted by atomic mass is 10.1. The third kappa shape index (κ3) is 3.76. The van der Waals surface area contributed by atoms with E-state index in [1.165, 1.54) is 11.1 Å². The summed E-state index contributed by atoms with van der Waals surface area (Å²) < 4.78 is 10.7. The van der Waals surface area contributed by atoms with Gasteiger partial charge in [-0.25, -0.2) is 0 Å². The Morgan fingerprint density at radius 2 is 1.71 bits per heavy atom. The lowest BCUT2D eigenvalue weighted by Gasteiger charge is -2.17. The number of hydrogen-bond acceptors (Lipinski definition) is 3. The van der Waals surface area contributed by atoms with Crippen LogP contribution in [0.5, 0.6) is 11.5 Å². The Balaban J connectivity index is 2.04. The van der Waals surface area contributed by atoms with Gasteiger partial charge < -0.3 is 14.8 Å². The van der Waals surface area contributed by atoms with Crippen LogP contribution in [-0.4, -0.2) is 14.2 Å². The molecule has 2 aromatic rings. The van der Waals surface area contributed by atoms with E-state index in [4.69, 9.17) is 9.47 Å². The molecule has 0 fully saturated rings. The molecule has 0 aliphatic heterocycles. The van der Waals surface area contributed by atoms with Gasteiger partial charge in [-0.2, -0.15) is 0 Å². The van der Waals surface area contributed by atoms with Gasteiger partial charge in [0.2, 0.25) is 0 Å². The molecule has 0 aliphatic carbocycles. The van der Waals surface area contributed by atoms with Crippen LogP contribution in [0.3, 0.4) is 0 Å². The second-order valence-corrected chi connectivity index (χ2v) is 5.15. The summed E-state index contributed by atoms with van der Waals surface area (Å²) in [4.78, 5) is 0. The third-order valence-electron chi connectivity index (χ3n) is 3.68. The highest BCUT2D eigenvalue weighted by Crippen LogP contribution is 2.25. The molecule has 2 aromatic carbocycles. The number of nitrogens with one attached hydrogen (secondary N) is 1. The number of ether oxygens (including phenoxy) is 2. The molecule has 0 radical (unpaired) electrons. The van der Waals surface area contributed by atoms with Crippen molar-refractivity contribution in [1.29, 1.82) is 0 Å². The van der Waals surface area contributed by atoms with Crippen molar-refractivity contribution in [2.45, 2.75) is 26.4 Å². The molecule has 3 heteroatoms. The lowest BCUT2D eigenvalue weighted by molar-refractivity contribution is 0.401. The monoisotopic (exact) mass is 285 g/mol. The maximum Gasteiger partial charge on any atom is 0.123 e. The number of rotatable bonds is 6. The van der Waals surface area contributed by atoms with Crippen LogP contribution in [0.15, 0.2) is 42.5 Å². The lowest BCUT2D eigenvalue weighted by Crippen LogP contribution is -2.18. The molecule has 0 heterocycles. The van der Waals surface area contributed by atoms with Gasteiger partial charge in [0.15, 0.2) is 0 Å². The van der Waals surface area contributed by atoms with E-state index in [1.54, 1.807) is 14.2 Å². The molecule has 1 atom stereocenters. The topological polar surface area (TPSA) is 30.5 Å². The first-order valence-corrected chi connectivity index (χ1v) is 7.15. The molecule has 112 valence electrons. The zero-order chi connectivity index (χ0) is 15.2. The Bertz CT molecular complexity index is 596. The first kappa shape index (κ1) is 15.4. The summed E-state index contributed by atoms with van der Waals surface area (Å²) in [6.07, 6.45) is 0. The third-order valence-corrected chi connectivity index (χ3v) is 3.68. The van der Waals surface area contributed by atoms with Crippen LogP contribution in [-0.2, 0) is 6.54 Å². The van der Waals surface area contributed by atoms with Crippen molar-refractivity contribution in [3.8, 4) is 11.5 Å². The van der Waals surface area contributed by atoms with Crippen LogP contribution in [0.1, 0.15) is 29.7 Å². The summed E-state index contributed by atoms with van der Waals surface area (Å²) in [5, 5.41) is 3.53. The second-order valence-electron chi connectivity index (χ2n) is 5.15. The van der Waals surface area contributed by atoms with Crippen LogP contribution in [0.25, 0.3) is 0 Å². The molecule has 0 saturated carbocycles. The van der Waals surface area contributed by atoms with E-state index in [0.717, 1.165) is 23.6 Å². The van der Waals surface area contributed by atoms with Gasteiger partial charge in [0.25, 0.3) is 0 Å². The van der Waals surface area contributed by atoms with Gasteiger partial charge in [0.05, 0.1) is 14.2 Å². The minimum Gasteiger partial charge on any atom is -0.496 e. The molecule has 0 amide bonds. The van der Waals surface area contributed by atoms with Crippen molar-refractivity contribution in [2.24, 2.45) is 0 Å². The highest BCUT2D eigenvalue weighted by molar-refractivity contribution is 5.37. The van der Waals surface area contributed by atoms with Gasteiger partial charge in [-0.3, -0.25) is 0 Å². The fourth-order valence-corrected chi connectivity index (χ4v) is 2.46. The molecule has 1 unspecified atom stereocenters. The van der Waals surface area contributed by atoms with E-state index in [9.17, 15) is 0 Å². The number of para-hydroxylation sites is 1. The molecule has 2 rings (SSSR count). The summed E-state index contributed by atoms with van der Waals surface area (Å²) in [7, 11) is 3.41. The fourth-order valence-electron chi connectivity index (χ4n) is 2.46. The van der Waals surface area contributed by atoms with Crippen LogP contribution in [0, 0.1) is 6.92 Å². The number of methoxy groups -OCH3 is 2. The minimum absolute atomic E-state index is 0.226. The first-order chi connectivity index (χ1) is 10.2. The smallest absolute Gasteiger partial charge is 0.123 e. The van der Waals surface area contributed by atoms with Crippen LogP contribution < -0.4 is 14.8 Å². The van der Waals surface area contributed by atoms with Crippen molar-refractivity contribution in [3.05, 3.63) is 59.2 Å². The molecular formula is C18H23NO2. The van der Waals surface area contributed by atoms with Crippen molar-refractivity contribution < 1.29 is 9.47 Å². The summed E-state index contributed by atoms with van der Waals surface area (Å²) in [6, 6.07) is 14.6. The van der Waals surface area contributed by atoms with Gasteiger partial charge in [0, 0.05) is 18.2 Å². The van der Waals surface area contributed by atoms with Crippen LogP contribution >= 0.6 is 0 Å². The Hall–Kier alpha value is -2.00. The van der Waals surface area contributed by atoms with Crippen molar-refractivity contribution in [1.82, 2.24) is 5.32 Å². The fraction of sp³-hybridized carbons (Fsp3) is 0.333.